The maximum atomic E-state index is 4.88. The minimum absolute atomic E-state index is 0. The second kappa shape index (κ2) is 12.9. The van der Waals surface area contributed by atoms with E-state index in [9.17, 15) is 0 Å². The van der Waals surface area contributed by atoms with Gasteiger partial charge in [-0.1, -0.05) is 38.1 Å². The van der Waals surface area contributed by atoms with E-state index in [-0.39, 0.29) is 24.0 Å². The quantitative estimate of drug-likeness (QED) is 0.298. The van der Waals surface area contributed by atoms with Gasteiger partial charge in [-0.3, -0.25) is 9.58 Å². The summed E-state index contributed by atoms with van der Waals surface area (Å²) in [6.07, 6.45) is 6.46. The maximum Gasteiger partial charge on any atom is 0.191 e. The van der Waals surface area contributed by atoms with Crippen LogP contribution in [0.4, 0.5) is 0 Å². The van der Waals surface area contributed by atoms with Crippen molar-refractivity contribution >= 4 is 29.9 Å². The molecular weight excluding hydrogens is 487 g/mol. The van der Waals surface area contributed by atoms with Gasteiger partial charge in [-0.15, -0.1) is 24.0 Å². The molecule has 0 radical (unpaired) electrons. The highest BCUT2D eigenvalue weighted by molar-refractivity contribution is 14.0. The highest BCUT2D eigenvalue weighted by Crippen LogP contribution is 2.17. The molecule has 1 aliphatic rings. The standard InChI is InChI=1S/C23H36N6.HI/c1-4-24-23(26-17-22(19(2)3)28-13-7-8-14-28)25-16-20-10-5-6-11-21(20)18-29-15-9-12-27-29;/h5-6,9-12,15,19,22H,4,7-8,13-14,16-18H2,1-3H3,(H2,24,25,26);1H. The third-order valence-corrected chi connectivity index (χ3v) is 5.62. The van der Waals surface area contributed by atoms with Crippen LogP contribution in [0.25, 0.3) is 0 Å². The van der Waals surface area contributed by atoms with Crippen LogP contribution in [-0.2, 0) is 13.1 Å². The Bertz CT molecular complexity index is 753. The smallest absolute Gasteiger partial charge is 0.191 e. The van der Waals surface area contributed by atoms with Crippen molar-refractivity contribution < 1.29 is 0 Å². The van der Waals surface area contributed by atoms with Gasteiger partial charge in [-0.2, -0.15) is 5.10 Å². The zero-order valence-electron chi connectivity index (χ0n) is 18.6. The van der Waals surface area contributed by atoms with E-state index in [1.54, 1.807) is 0 Å². The fourth-order valence-corrected chi connectivity index (χ4v) is 4.00. The summed E-state index contributed by atoms with van der Waals surface area (Å²) in [5.41, 5.74) is 2.49. The molecule has 3 rings (SSSR count). The molecule has 0 spiro atoms. The van der Waals surface area contributed by atoms with Crippen molar-refractivity contribution in [2.24, 2.45) is 10.9 Å². The first kappa shape index (κ1) is 24.7. The van der Waals surface area contributed by atoms with Crippen LogP contribution in [0.15, 0.2) is 47.7 Å². The molecule has 1 fully saturated rings. The van der Waals surface area contributed by atoms with Gasteiger partial charge in [0, 0.05) is 31.5 Å². The molecule has 1 aromatic carbocycles. The predicted octanol–water partition coefficient (Wildman–Crippen LogP) is 3.72. The van der Waals surface area contributed by atoms with Gasteiger partial charge >= 0.3 is 0 Å². The molecule has 2 N–H and O–H groups in total. The van der Waals surface area contributed by atoms with Gasteiger partial charge in [0.05, 0.1) is 13.1 Å². The third-order valence-electron chi connectivity index (χ3n) is 5.62. The van der Waals surface area contributed by atoms with Crippen LogP contribution >= 0.6 is 24.0 Å². The number of halogens is 1. The van der Waals surface area contributed by atoms with Gasteiger partial charge < -0.3 is 10.6 Å². The molecule has 0 aliphatic carbocycles. The number of benzene rings is 1. The maximum absolute atomic E-state index is 4.88. The van der Waals surface area contributed by atoms with Gasteiger partial charge in [-0.05, 0) is 56.0 Å². The molecule has 0 amide bonds. The Morgan fingerprint density at radius 2 is 1.83 bits per heavy atom. The Kier molecular flexibility index (Phi) is 10.6. The predicted molar refractivity (Wildman–Crippen MR) is 135 cm³/mol. The normalized spacial score (nSPS) is 15.8. The summed E-state index contributed by atoms with van der Waals surface area (Å²) < 4.78 is 1.95. The second-order valence-electron chi connectivity index (χ2n) is 8.10. The van der Waals surface area contributed by atoms with Crippen molar-refractivity contribution in [1.29, 1.82) is 0 Å². The lowest BCUT2D eigenvalue weighted by Crippen LogP contribution is -2.48. The molecule has 2 aromatic rings. The lowest BCUT2D eigenvalue weighted by Gasteiger charge is -2.31. The van der Waals surface area contributed by atoms with Crippen molar-refractivity contribution in [3.63, 3.8) is 0 Å². The van der Waals surface area contributed by atoms with E-state index in [0.29, 0.717) is 18.5 Å². The van der Waals surface area contributed by atoms with Crippen LogP contribution in [0, 0.1) is 5.92 Å². The molecule has 1 unspecified atom stereocenters. The molecule has 30 heavy (non-hydrogen) atoms. The minimum Gasteiger partial charge on any atom is -0.357 e. The van der Waals surface area contributed by atoms with E-state index < -0.39 is 0 Å². The van der Waals surface area contributed by atoms with E-state index in [4.69, 9.17) is 4.99 Å². The first-order chi connectivity index (χ1) is 14.2. The minimum atomic E-state index is 0. The number of hydrogen-bond acceptors (Lipinski definition) is 3. The fourth-order valence-electron chi connectivity index (χ4n) is 4.00. The molecule has 1 aromatic heterocycles. The average Bonchev–Trinajstić information content (AvgIpc) is 3.41. The van der Waals surface area contributed by atoms with E-state index in [1.807, 2.05) is 23.1 Å². The molecule has 0 saturated carbocycles. The van der Waals surface area contributed by atoms with E-state index in [1.165, 1.54) is 37.1 Å². The van der Waals surface area contributed by atoms with Crippen LogP contribution in [0.1, 0.15) is 44.7 Å². The zero-order valence-corrected chi connectivity index (χ0v) is 20.9. The molecule has 7 heteroatoms. The number of aliphatic imine (C=N–C) groups is 1. The summed E-state index contributed by atoms with van der Waals surface area (Å²) >= 11 is 0. The van der Waals surface area contributed by atoms with Gasteiger partial charge in [-0.25, -0.2) is 4.99 Å². The molecule has 0 bridgehead atoms. The third kappa shape index (κ3) is 7.27. The summed E-state index contributed by atoms with van der Waals surface area (Å²) in [6, 6.07) is 11.0. The molecule has 6 nitrogen and oxygen atoms in total. The van der Waals surface area contributed by atoms with Gasteiger partial charge in [0.25, 0.3) is 0 Å². The van der Waals surface area contributed by atoms with Crippen molar-refractivity contribution in [3.05, 3.63) is 53.9 Å². The summed E-state index contributed by atoms with van der Waals surface area (Å²) in [5, 5.41) is 11.3. The van der Waals surface area contributed by atoms with Gasteiger partial charge in [0.2, 0.25) is 0 Å². The second-order valence-corrected chi connectivity index (χ2v) is 8.10. The first-order valence-electron chi connectivity index (χ1n) is 11.0. The van der Waals surface area contributed by atoms with E-state index in [0.717, 1.165) is 25.6 Å². The van der Waals surface area contributed by atoms with Crippen LogP contribution in [-0.4, -0.2) is 52.9 Å². The highest BCUT2D eigenvalue weighted by Gasteiger charge is 2.24. The summed E-state index contributed by atoms with van der Waals surface area (Å²) in [7, 11) is 0. The Hall–Kier alpha value is -1.61. The largest absolute Gasteiger partial charge is 0.357 e. The Morgan fingerprint density at radius 1 is 1.10 bits per heavy atom. The topological polar surface area (TPSA) is 57.5 Å². The number of rotatable bonds is 9. The van der Waals surface area contributed by atoms with Crippen LogP contribution in [0.3, 0.4) is 0 Å². The van der Waals surface area contributed by atoms with Crippen LogP contribution in [0.2, 0.25) is 0 Å². The summed E-state index contributed by atoms with van der Waals surface area (Å²) in [5.74, 6) is 1.52. The molecular formula is C23H37IN6. The monoisotopic (exact) mass is 524 g/mol. The molecule has 2 heterocycles. The van der Waals surface area contributed by atoms with Gasteiger partial charge in [0.15, 0.2) is 5.96 Å². The van der Waals surface area contributed by atoms with Crippen molar-refractivity contribution in [3.8, 4) is 0 Å². The lowest BCUT2D eigenvalue weighted by molar-refractivity contribution is 0.192. The number of aromatic nitrogens is 2. The number of nitrogens with zero attached hydrogens (tertiary/aromatic N) is 4. The SMILES string of the molecule is CCNC(=NCc1ccccc1Cn1cccn1)NCC(C(C)C)N1CCCC1.I. The van der Waals surface area contributed by atoms with Gasteiger partial charge in [0.1, 0.15) is 0 Å². The van der Waals surface area contributed by atoms with Crippen LogP contribution < -0.4 is 10.6 Å². The Labute approximate surface area is 198 Å². The van der Waals surface area contributed by atoms with Crippen molar-refractivity contribution in [1.82, 2.24) is 25.3 Å². The molecule has 1 atom stereocenters. The number of guanidine groups is 1. The number of nitrogens with one attached hydrogen (secondary N) is 2. The van der Waals surface area contributed by atoms with Crippen molar-refractivity contribution in [2.45, 2.75) is 52.7 Å². The highest BCUT2D eigenvalue weighted by atomic mass is 127. The molecule has 1 saturated heterocycles. The van der Waals surface area contributed by atoms with Crippen LogP contribution in [0.5, 0.6) is 0 Å². The zero-order chi connectivity index (χ0) is 20.5. The average molecular weight is 524 g/mol. The first-order valence-corrected chi connectivity index (χ1v) is 11.0. The lowest BCUT2D eigenvalue weighted by atomic mass is 10.0. The number of likely N-dealkylation sites (tertiary alicyclic amines) is 1. The Morgan fingerprint density at radius 3 is 2.47 bits per heavy atom. The summed E-state index contributed by atoms with van der Waals surface area (Å²) in [6.45, 7) is 12.4. The summed E-state index contributed by atoms with van der Waals surface area (Å²) in [4.78, 5) is 7.50. The van der Waals surface area contributed by atoms with Crippen molar-refractivity contribution in [2.75, 3.05) is 26.2 Å². The van der Waals surface area contributed by atoms with E-state index >= 15 is 0 Å². The van der Waals surface area contributed by atoms with E-state index in [2.05, 4.69) is 65.7 Å². The number of hydrogen-bond donors (Lipinski definition) is 2. The fraction of sp³-hybridized carbons (Fsp3) is 0.565. The molecule has 166 valence electrons. The molecule has 1 aliphatic heterocycles. The Balaban J connectivity index is 0.00000320.